The van der Waals surface area contributed by atoms with E-state index in [0.29, 0.717) is 12.5 Å². The second-order valence-corrected chi connectivity index (χ2v) is 4.85. The Balaban J connectivity index is 2.65. The number of nitrogens with one attached hydrogen (secondary N) is 1. The summed E-state index contributed by atoms with van der Waals surface area (Å²) in [5, 5.41) is 3.42. The summed E-state index contributed by atoms with van der Waals surface area (Å²) >= 11 is 3.33. The van der Waals surface area contributed by atoms with Crippen LogP contribution in [0.25, 0.3) is 0 Å². The van der Waals surface area contributed by atoms with Crippen molar-refractivity contribution in [1.82, 2.24) is 5.32 Å². The van der Waals surface area contributed by atoms with Crippen LogP contribution in [0.5, 0.6) is 0 Å². The van der Waals surface area contributed by atoms with Crippen LogP contribution in [0.3, 0.4) is 0 Å². The van der Waals surface area contributed by atoms with Gasteiger partial charge < -0.3 is 5.32 Å². The van der Waals surface area contributed by atoms with E-state index in [0.717, 1.165) is 30.3 Å². The lowest BCUT2D eigenvalue weighted by Crippen LogP contribution is -2.30. The third-order valence-corrected chi connectivity index (χ3v) is 3.29. The lowest BCUT2D eigenvalue weighted by Gasteiger charge is -2.14. The van der Waals surface area contributed by atoms with Gasteiger partial charge in [-0.3, -0.25) is 4.79 Å². The molecule has 0 aliphatic carbocycles. The zero-order valence-electron chi connectivity index (χ0n) is 10.2. The summed E-state index contributed by atoms with van der Waals surface area (Å²) in [6.07, 6.45) is 1.82. The van der Waals surface area contributed by atoms with Crippen molar-refractivity contribution in [2.75, 3.05) is 11.9 Å². The summed E-state index contributed by atoms with van der Waals surface area (Å²) in [5.41, 5.74) is -0.508. The molecule has 0 heterocycles. The van der Waals surface area contributed by atoms with Gasteiger partial charge in [-0.2, -0.15) is 0 Å². The van der Waals surface area contributed by atoms with Crippen molar-refractivity contribution >= 4 is 21.8 Å². The van der Waals surface area contributed by atoms with Crippen LogP contribution in [0.1, 0.15) is 30.1 Å². The van der Waals surface area contributed by atoms with Gasteiger partial charge in [0.2, 0.25) is 0 Å². The van der Waals surface area contributed by atoms with E-state index in [4.69, 9.17) is 0 Å². The third kappa shape index (κ3) is 4.05. The molecule has 1 aromatic carbocycles. The molecule has 0 aliphatic rings. The fraction of sp³-hybridized carbons (Fsp3) is 0.462. The second kappa shape index (κ2) is 7.46. The number of carbonyl (C=O) groups excluding carboxylic acids is 1. The molecule has 1 aromatic rings. The molecule has 0 saturated heterocycles. The molecule has 1 N–H and O–H groups in total. The average Bonchev–Trinajstić information content (AvgIpc) is 2.34. The molecule has 1 atom stereocenters. The Bertz CT molecular complexity index is 392. The second-order valence-electron chi connectivity index (χ2n) is 4.06. The molecule has 5 heteroatoms. The van der Waals surface area contributed by atoms with Crippen molar-refractivity contribution in [1.29, 1.82) is 0 Å². The van der Waals surface area contributed by atoms with Crippen molar-refractivity contribution in [3.63, 3.8) is 0 Å². The predicted molar refractivity (Wildman–Crippen MR) is 70.9 cm³/mol. The quantitative estimate of drug-likeness (QED) is 0.799. The van der Waals surface area contributed by atoms with Gasteiger partial charge in [-0.15, -0.1) is 0 Å². The Morgan fingerprint density at radius 2 is 2.00 bits per heavy atom. The molecule has 1 unspecified atom stereocenters. The standard InChI is InChI=1S/C13H16BrF2NO/c1-2-9(6-7-14)8-17-13(18)12-10(15)4-3-5-11(12)16/h3-5,9H,2,6-8H2,1H3,(H,17,18). The molecule has 0 saturated carbocycles. The first-order valence-corrected chi connectivity index (χ1v) is 7.00. The van der Waals surface area contributed by atoms with E-state index < -0.39 is 23.1 Å². The Kier molecular flexibility index (Phi) is 6.25. The highest BCUT2D eigenvalue weighted by atomic mass is 79.9. The van der Waals surface area contributed by atoms with Crippen LogP contribution in [-0.4, -0.2) is 17.8 Å². The minimum absolute atomic E-state index is 0.308. The largest absolute Gasteiger partial charge is 0.352 e. The summed E-state index contributed by atoms with van der Waals surface area (Å²) < 4.78 is 26.7. The van der Waals surface area contributed by atoms with E-state index in [1.807, 2.05) is 6.92 Å². The maximum Gasteiger partial charge on any atom is 0.257 e. The topological polar surface area (TPSA) is 29.1 Å². The molecule has 0 aromatic heterocycles. The predicted octanol–water partition coefficient (Wildman–Crippen LogP) is 3.51. The Hall–Kier alpha value is -0.970. The molecule has 1 amide bonds. The normalized spacial score (nSPS) is 12.2. The van der Waals surface area contributed by atoms with E-state index in [1.165, 1.54) is 6.07 Å². The van der Waals surface area contributed by atoms with Crippen LogP contribution in [0.4, 0.5) is 8.78 Å². The molecule has 0 bridgehead atoms. The van der Waals surface area contributed by atoms with Crippen LogP contribution in [0.15, 0.2) is 18.2 Å². The van der Waals surface area contributed by atoms with Crippen molar-refractivity contribution < 1.29 is 13.6 Å². The van der Waals surface area contributed by atoms with Gasteiger partial charge in [-0.25, -0.2) is 8.78 Å². The number of carbonyl (C=O) groups is 1. The maximum absolute atomic E-state index is 13.3. The molecule has 0 fully saturated rings. The number of hydrogen-bond acceptors (Lipinski definition) is 1. The Morgan fingerprint density at radius 3 is 2.50 bits per heavy atom. The van der Waals surface area contributed by atoms with E-state index in [-0.39, 0.29) is 0 Å². The first kappa shape index (κ1) is 15.1. The lowest BCUT2D eigenvalue weighted by molar-refractivity contribution is 0.0938. The molecule has 100 valence electrons. The SMILES string of the molecule is CCC(CCBr)CNC(=O)c1c(F)cccc1F. The molecule has 0 radical (unpaired) electrons. The van der Waals surface area contributed by atoms with Crippen molar-refractivity contribution in [3.8, 4) is 0 Å². The van der Waals surface area contributed by atoms with Crippen LogP contribution in [-0.2, 0) is 0 Å². The van der Waals surface area contributed by atoms with Gasteiger partial charge in [-0.1, -0.05) is 35.3 Å². The summed E-state index contributed by atoms with van der Waals surface area (Å²) in [6.45, 7) is 2.44. The van der Waals surface area contributed by atoms with Gasteiger partial charge in [0, 0.05) is 11.9 Å². The highest BCUT2D eigenvalue weighted by Gasteiger charge is 2.17. The maximum atomic E-state index is 13.3. The molecule has 1 rings (SSSR count). The van der Waals surface area contributed by atoms with E-state index in [9.17, 15) is 13.6 Å². The number of rotatable bonds is 6. The van der Waals surface area contributed by atoms with Crippen LogP contribution >= 0.6 is 15.9 Å². The third-order valence-electron chi connectivity index (χ3n) is 2.84. The van der Waals surface area contributed by atoms with Crippen LogP contribution in [0, 0.1) is 17.6 Å². The molecular formula is C13H16BrF2NO. The molecule has 0 aliphatic heterocycles. The smallest absolute Gasteiger partial charge is 0.257 e. The van der Waals surface area contributed by atoms with Gasteiger partial charge in [0.25, 0.3) is 5.91 Å². The highest BCUT2D eigenvalue weighted by Crippen LogP contribution is 2.13. The Labute approximate surface area is 114 Å². The van der Waals surface area contributed by atoms with Crippen molar-refractivity contribution in [2.24, 2.45) is 5.92 Å². The van der Waals surface area contributed by atoms with E-state index in [1.54, 1.807) is 0 Å². The number of benzene rings is 1. The van der Waals surface area contributed by atoms with Crippen LogP contribution < -0.4 is 5.32 Å². The van der Waals surface area contributed by atoms with E-state index in [2.05, 4.69) is 21.2 Å². The van der Waals surface area contributed by atoms with Crippen molar-refractivity contribution in [2.45, 2.75) is 19.8 Å². The minimum atomic E-state index is -0.832. The minimum Gasteiger partial charge on any atom is -0.352 e. The van der Waals surface area contributed by atoms with Crippen LogP contribution in [0.2, 0.25) is 0 Å². The van der Waals surface area contributed by atoms with E-state index >= 15 is 0 Å². The number of amides is 1. The fourth-order valence-electron chi connectivity index (χ4n) is 1.64. The lowest BCUT2D eigenvalue weighted by atomic mass is 10.0. The van der Waals surface area contributed by atoms with Gasteiger partial charge in [0.05, 0.1) is 0 Å². The molecule has 0 spiro atoms. The number of hydrogen-bond donors (Lipinski definition) is 1. The Morgan fingerprint density at radius 1 is 1.39 bits per heavy atom. The first-order chi connectivity index (χ1) is 8.60. The van der Waals surface area contributed by atoms with Gasteiger partial charge in [-0.05, 0) is 24.5 Å². The fourth-order valence-corrected chi connectivity index (χ4v) is 2.29. The average molecular weight is 320 g/mol. The molecule has 18 heavy (non-hydrogen) atoms. The highest BCUT2D eigenvalue weighted by molar-refractivity contribution is 9.09. The summed E-state index contributed by atoms with van der Waals surface area (Å²) in [7, 11) is 0. The zero-order chi connectivity index (χ0) is 13.5. The monoisotopic (exact) mass is 319 g/mol. The zero-order valence-corrected chi connectivity index (χ0v) is 11.8. The molecule has 2 nitrogen and oxygen atoms in total. The summed E-state index contributed by atoms with van der Waals surface area (Å²) in [5.74, 6) is -2.05. The first-order valence-electron chi connectivity index (χ1n) is 5.88. The van der Waals surface area contributed by atoms with Gasteiger partial charge in [0.15, 0.2) is 0 Å². The van der Waals surface area contributed by atoms with Gasteiger partial charge in [0.1, 0.15) is 17.2 Å². The summed E-state index contributed by atoms with van der Waals surface area (Å²) in [6, 6.07) is 3.39. The summed E-state index contributed by atoms with van der Waals surface area (Å²) in [4.78, 5) is 11.7. The number of alkyl halides is 1. The van der Waals surface area contributed by atoms with Crippen molar-refractivity contribution in [3.05, 3.63) is 35.4 Å². The number of halogens is 3. The van der Waals surface area contributed by atoms with Gasteiger partial charge >= 0.3 is 0 Å². The molecular weight excluding hydrogens is 304 g/mol.